The molecule has 2 aromatic carbocycles. The molecule has 2 nitrogen and oxygen atoms in total. The van der Waals surface area contributed by atoms with Crippen LogP contribution in [-0.2, 0) is 0 Å². The van der Waals surface area contributed by atoms with Crippen LogP contribution in [0.4, 0.5) is 0 Å². The van der Waals surface area contributed by atoms with Crippen molar-refractivity contribution in [3.05, 3.63) is 70.2 Å². The lowest BCUT2D eigenvalue weighted by atomic mass is 10.2. The van der Waals surface area contributed by atoms with Crippen LogP contribution in [-0.4, -0.2) is 9.78 Å². The summed E-state index contributed by atoms with van der Waals surface area (Å²) in [5, 5.41) is 5.00. The number of thioether (sulfide) groups is 1. The Morgan fingerprint density at radius 2 is 1.67 bits per heavy atom. The maximum Gasteiger partial charge on any atom is 0.184 e. The second-order valence-electron chi connectivity index (χ2n) is 4.55. The molecule has 0 saturated heterocycles. The number of aromatic nitrogens is 2. The average molecular weight is 331 g/mol. The van der Waals surface area contributed by atoms with Gasteiger partial charge < -0.3 is 0 Å². The van der Waals surface area contributed by atoms with E-state index in [2.05, 4.69) is 36.3 Å². The van der Waals surface area contributed by atoms with E-state index in [1.165, 1.54) is 5.56 Å². The van der Waals surface area contributed by atoms with Gasteiger partial charge in [0, 0.05) is 5.25 Å². The first-order valence-corrected chi connectivity index (χ1v) is 8.71. The molecule has 0 bridgehead atoms. The highest BCUT2D eigenvalue weighted by molar-refractivity contribution is 8.01. The second kappa shape index (κ2) is 6.56. The highest BCUT2D eigenvalue weighted by atomic mass is 32.2. The van der Waals surface area contributed by atoms with Crippen molar-refractivity contribution in [3.8, 4) is 5.69 Å². The van der Waals surface area contributed by atoms with E-state index < -0.39 is 0 Å². The van der Waals surface area contributed by atoms with Crippen molar-refractivity contribution in [3.63, 3.8) is 0 Å². The van der Waals surface area contributed by atoms with Gasteiger partial charge in [-0.1, -0.05) is 71.6 Å². The third-order valence-corrected chi connectivity index (χ3v) is 5.55. The van der Waals surface area contributed by atoms with Crippen molar-refractivity contribution in [1.82, 2.24) is 9.78 Å². The van der Waals surface area contributed by atoms with Crippen molar-refractivity contribution in [2.45, 2.75) is 16.5 Å². The van der Waals surface area contributed by atoms with Gasteiger partial charge in [0.05, 0.1) is 5.69 Å². The molecule has 0 saturated carbocycles. The van der Waals surface area contributed by atoms with Crippen molar-refractivity contribution in [2.24, 2.45) is 0 Å². The molecule has 0 fully saturated rings. The fourth-order valence-electron chi connectivity index (χ4n) is 1.98. The van der Waals surface area contributed by atoms with E-state index in [9.17, 15) is 0 Å². The maximum absolute atomic E-state index is 5.43. The molecule has 0 aliphatic carbocycles. The van der Waals surface area contributed by atoms with Gasteiger partial charge in [-0.2, -0.15) is 0 Å². The highest BCUT2D eigenvalue weighted by Gasteiger charge is 2.12. The summed E-state index contributed by atoms with van der Waals surface area (Å²) in [4.78, 5) is 0. The normalized spacial score (nSPS) is 12.2. The SMILES string of the molecule is CC(Sc1nn(-c2ccccc2)c(=S)s1)c1ccccc1. The summed E-state index contributed by atoms with van der Waals surface area (Å²) in [6.45, 7) is 2.19. The van der Waals surface area contributed by atoms with E-state index in [-0.39, 0.29) is 0 Å². The van der Waals surface area contributed by atoms with Crippen LogP contribution in [0.3, 0.4) is 0 Å². The third kappa shape index (κ3) is 3.43. The minimum Gasteiger partial charge on any atom is -0.211 e. The topological polar surface area (TPSA) is 17.8 Å². The summed E-state index contributed by atoms with van der Waals surface area (Å²) in [6, 6.07) is 20.5. The highest BCUT2D eigenvalue weighted by Crippen LogP contribution is 2.36. The Morgan fingerprint density at radius 3 is 2.33 bits per heavy atom. The summed E-state index contributed by atoms with van der Waals surface area (Å²) in [5.74, 6) is 0. The summed E-state index contributed by atoms with van der Waals surface area (Å²) in [6.07, 6.45) is 0. The fraction of sp³-hybridized carbons (Fsp3) is 0.125. The Bertz CT molecular complexity index is 763. The van der Waals surface area contributed by atoms with Crippen molar-refractivity contribution in [1.29, 1.82) is 0 Å². The Labute approximate surface area is 137 Å². The van der Waals surface area contributed by atoms with E-state index >= 15 is 0 Å². The largest absolute Gasteiger partial charge is 0.211 e. The number of rotatable bonds is 4. The molecule has 0 aliphatic heterocycles. The second-order valence-corrected chi connectivity index (χ2v) is 7.76. The minimum absolute atomic E-state index is 0.357. The average Bonchev–Trinajstić information content (AvgIpc) is 2.89. The molecule has 1 unspecified atom stereocenters. The molecule has 1 aromatic heterocycles. The predicted molar refractivity (Wildman–Crippen MR) is 93.0 cm³/mol. The van der Waals surface area contributed by atoms with Gasteiger partial charge in [-0.15, -0.1) is 5.10 Å². The smallest absolute Gasteiger partial charge is 0.184 e. The molecule has 1 atom stereocenters. The first kappa shape index (κ1) is 14.5. The molecule has 21 heavy (non-hydrogen) atoms. The summed E-state index contributed by atoms with van der Waals surface area (Å²) >= 11 is 8.74. The number of nitrogens with zero attached hydrogens (tertiary/aromatic N) is 2. The number of para-hydroxylation sites is 1. The van der Waals surface area contributed by atoms with Gasteiger partial charge in [0.1, 0.15) is 0 Å². The fourth-order valence-corrected chi connectivity index (χ4v) is 4.62. The maximum atomic E-state index is 5.43. The van der Waals surface area contributed by atoms with Gasteiger partial charge in [0.25, 0.3) is 0 Å². The Kier molecular flexibility index (Phi) is 4.53. The first-order chi connectivity index (χ1) is 10.2. The Morgan fingerprint density at radius 1 is 1.05 bits per heavy atom. The van der Waals surface area contributed by atoms with E-state index in [4.69, 9.17) is 12.2 Å². The molecule has 3 rings (SSSR count). The first-order valence-electron chi connectivity index (χ1n) is 6.61. The zero-order chi connectivity index (χ0) is 14.7. The molecule has 106 valence electrons. The van der Waals surface area contributed by atoms with Crippen LogP contribution < -0.4 is 0 Å². The van der Waals surface area contributed by atoms with Crippen LogP contribution in [0.1, 0.15) is 17.7 Å². The molecule has 1 heterocycles. The van der Waals surface area contributed by atoms with Crippen LogP contribution >= 0.6 is 35.3 Å². The van der Waals surface area contributed by atoms with Crippen molar-refractivity contribution in [2.75, 3.05) is 0 Å². The molecule has 3 aromatic rings. The Balaban J connectivity index is 1.84. The zero-order valence-corrected chi connectivity index (χ0v) is 13.9. The van der Waals surface area contributed by atoms with Crippen LogP contribution in [0, 0.1) is 3.95 Å². The number of hydrogen-bond donors (Lipinski definition) is 0. The lowest BCUT2D eigenvalue weighted by Gasteiger charge is -2.08. The molecular weight excluding hydrogens is 316 g/mol. The van der Waals surface area contributed by atoms with Crippen LogP contribution in [0.25, 0.3) is 5.69 Å². The number of benzene rings is 2. The lowest BCUT2D eigenvalue weighted by Crippen LogP contribution is -1.96. The number of hydrogen-bond acceptors (Lipinski definition) is 4. The quantitative estimate of drug-likeness (QED) is 0.463. The van der Waals surface area contributed by atoms with Gasteiger partial charge >= 0.3 is 0 Å². The minimum atomic E-state index is 0.357. The molecular formula is C16H14N2S3. The molecule has 0 N–H and O–H groups in total. The van der Waals surface area contributed by atoms with Gasteiger partial charge in [-0.05, 0) is 36.8 Å². The van der Waals surface area contributed by atoms with Crippen molar-refractivity contribution < 1.29 is 0 Å². The molecule has 0 radical (unpaired) electrons. The van der Waals surface area contributed by atoms with Crippen LogP contribution in [0.2, 0.25) is 0 Å². The van der Waals surface area contributed by atoms with Gasteiger partial charge in [0.2, 0.25) is 0 Å². The third-order valence-electron chi connectivity index (χ3n) is 3.08. The van der Waals surface area contributed by atoms with E-state index in [1.54, 1.807) is 23.1 Å². The standard InChI is InChI=1S/C16H14N2S3/c1-12(13-8-4-2-5-9-13)20-15-17-18(16(19)21-15)14-10-6-3-7-11-14/h2-12H,1H3. The molecule has 0 amide bonds. The Hall–Kier alpha value is -1.43. The van der Waals surface area contributed by atoms with Gasteiger partial charge in [-0.25, -0.2) is 4.68 Å². The van der Waals surface area contributed by atoms with Gasteiger partial charge in [-0.3, -0.25) is 0 Å². The lowest BCUT2D eigenvalue weighted by molar-refractivity contribution is 0.828. The van der Waals surface area contributed by atoms with Crippen molar-refractivity contribution >= 4 is 35.3 Å². The van der Waals surface area contributed by atoms with E-state index in [0.717, 1.165) is 14.0 Å². The van der Waals surface area contributed by atoms with Gasteiger partial charge in [0.15, 0.2) is 8.29 Å². The molecule has 5 heteroatoms. The van der Waals surface area contributed by atoms with Crippen LogP contribution in [0.15, 0.2) is 65.0 Å². The zero-order valence-electron chi connectivity index (χ0n) is 11.5. The van der Waals surface area contributed by atoms with E-state index in [0.29, 0.717) is 5.25 Å². The van der Waals surface area contributed by atoms with Crippen LogP contribution in [0.5, 0.6) is 0 Å². The van der Waals surface area contributed by atoms with E-state index in [1.807, 2.05) is 41.1 Å². The predicted octanol–water partition coefficient (Wildman–Crippen LogP) is 5.52. The monoisotopic (exact) mass is 330 g/mol. The summed E-state index contributed by atoms with van der Waals surface area (Å²) < 4.78 is 3.62. The molecule has 0 spiro atoms. The summed E-state index contributed by atoms with van der Waals surface area (Å²) in [7, 11) is 0. The molecule has 0 aliphatic rings. The summed E-state index contributed by atoms with van der Waals surface area (Å²) in [5.41, 5.74) is 2.31.